The summed E-state index contributed by atoms with van der Waals surface area (Å²) in [6.07, 6.45) is -0.802. The summed E-state index contributed by atoms with van der Waals surface area (Å²) < 4.78 is 21.6. The SMILES string of the molecule is O=C(OCCOc1c(Cl)cccc1Cl)C1COc2ccccc2O1. The summed E-state index contributed by atoms with van der Waals surface area (Å²) in [6.45, 7) is 0.272. The fraction of sp³-hybridized carbons (Fsp3) is 0.235. The highest BCUT2D eigenvalue weighted by Gasteiger charge is 2.28. The van der Waals surface area contributed by atoms with Gasteiger partial charge in [0.15, 0.2) is 17.2 Å². The lowest BCUT2D eigenvalue weighted by atomic mass is 10.2. The third kappa shape index (κ3) is 3.86. The molecular formula is C17H14Cl2O5. The summed E-state index contributed by atoms with van der Waals surface area (Å²) in [5, 5.41) is 0.795. The minimum atomic E-state index is -0.802. The smallest absolute Gasteiger partial charge is 0.351 e. The van der Waals surface area contributed by atoms with Gasteiger partial charge in [0.05, 0.1) is 10.0 Å². The second-order valence-corrected chi connectivity index (χ2v) is 5.75. The van der Waals surface area contributed by atoms with E-state index in [1.807, 2.05) is 6.07 Å². The van der Waals surface area contributed by atoms with Crippen LogP contribution in [0.5, 0.6) is 17.2 Å². The van der Waals surface area contributed by atoms with Gasteiger partial charge in [-0.2, -0.15) is 0 Å². The van der Waals surface area contributed by atoms with Crippen molar-refractivity contribution in [2.45, 2.75) is 6.10 Å². The zero-order valence-corrected chi connectivity index (χ0v) is 14.0. The third-order valence-corrected chi connectivity index (χ3v) is 3.86. The lowest BCUT2D eigenvalue weighted by Gasteiger charge is -2.24. The second kappa shape index (κ2) is 7.64. The van der Waals surface area contributed by atoms with Gasteiger partial charge < -0.3 is 18.9 Å². The Hall–Kier alpha value is -2.11. The quantitative estimate of drug-likeness (QED) is 0.594. The predicted molar refractivity (Wildman–Crippen MR) is 89.3 cm³/mol. The van der Waals surface area contributed by atoms with Crippen molar-refractivity contribution in [1.29, 1.82) is 0 Å². The minimum absolute atomic E-state index is 0.0435. The van der Waals surface area contributed by atoms with Crippen LogP contribution in [-0.2, 0) is 9.53 Å². The largest absolute Gasteiger partial charge is 0.487 e. The number of hydrogen-bond acceptors (Lipinski definition) is 5. The minimum Gasteiger partial charge on any atom is -0.487 e. The van der Waals surface area contributed by atoms with E-state index in [1.165, 1.54) is 0 Å². The van der Waals surface area contributed by atoms with Gasteiger partial charge in [0, 0.05) is 0 Å². The molecule has 0 bridgehead atoms. The molecule has 2 aromatic carbocycles. The van der Waals surface area contributed by atoms with E-state index in [2.05, 4.69) is 0 Å². The summed E-state index contributed by atoms with van der Waals surface area (Å²) in [5.41, 5.74) is 0. The number of carbonyl (C=O) groups excluding carboxylic acids is 1. The molecule has 1 unspecified atom stereocenters. The number of ether oxygens (including phenoxy) is 4. The molecule has 24 heavy (non-hydrogen) atoms. The normalized spacial score (nSPS) is 15.7. The van der Waals surface area contributed by atoms with Gasteiger partial charge in [0.25, 0.3) is 0 Å². The van der Waals surface area contributed by atoms with Gasteiger partial charge in [0.2, 0.25) is 6.10 Å². The zero-order chi connectivity index (χ0) is 16.9. The molecule has 0 N–H and O–H groups in total. The maximum atomic E-state index is 12.0. The molecule has 0 amide bonds. The highest BCUT2D eigenvalue weighted by atomic mass is 35.5. The third-order valence-electron chi connectivity index (χ3n) is 3.26. The van der Waals surface area contributed by atoms with Crippen molar-refractivity contribution in [3.8, 4) is 17.2 Å². The molecule has 0 aliphatic carbocycles. The van der Waals surface area contributed by atoms with E-state index in [9.17, 15) is 4.79 Å². The van der Waals surface area contributed by atoms with Gasteiger partial charge in [-0.05, 0) is 24.3 Å². The van der Waals surface area contributed by atoms with Crippen LogP contribution in [0.2, 0.25) is 10.0 Å². The van der Waals surface area contributed by atoms with E-state index >= 15 is 0 Å². The van der Waals surface area contributed by atoms with Crippen LogP contribution < -0.4 is 14.2 Å². The lowest BCUT2D eigenvalue weighted by Crippen LogP contribution is -2.38. The van der Waals surface area contributed by atoms with E-state index in [0.717, 1.165) is 0 Å². The number of carbonyl (C=O) groups is 1. The van der Waals surface area contributed by atoms with Crippen LogP contribution >= 0.6 is 23.2 Å². The Bertz CT molecular complexity index is 714. The number of benzene rings is 2. The topological polar surface area (TPSA) is 54.0 Å². The molecule has 0 saturated carbocycles. The molecule has 126 valence electrons. The van der Waals surface area contributed by atoms with Gasteiger partial charge >= 0.3 is 5.97 Å². The van der Waals surface area contributed by atoms with Crippen molar-refractivity contribution in [2.24, 2.45) is 0 Å². The molecule has 0 spiro atoms. The van der Waals surface area contributed by atoms with Crippen LogP contribution in [0.4, 0.5) is 0 Å². The zero-order valence-electron chi connectivity index (χ0n) is 12.5. The number of halogens is 2. The summed E-state index contributed by atoms with van der Waals surface area (Å²) in [4.78, 5) is 12.0. The van der Waals surface area contributed by atoms with Gasteiger partial charge in [-0.15, -0.1) is 0 Å². The van der Waals surface area contributed by atoms with Crippen LogP contribution in [0, 0.1) is 0 Å². The van der Waals surface area contributed by atoms with Crippen LogP contribution in [-0.4, -0.2) is 31.9 Å². The number of hydrogen-bond donors (Lipinski definition) is 0. The molecule has 1 aliphatic heterocycles. The average Bonchev–Trinajstić information content (AvgIpc) is 2.60. The fourth-order valence-corrected chi connectivity index (χ4v) is 2.64. The number of fused-ring (bicyclic) bond motifs is 1. The predicted octanol–water partition coefficient (Wildman–Crippen LogP) is 3.76. The summed E-state index contributed by atoms with van der Waals surface area (Å²) in [5.74, 6) is 0.976. The molecule has 7 heteroatoms. The molecule has 2 aromatic rings. The van der Waals surface area contributed by atoms with Crippen molar-refractivity contribution in [3.05, 3.63) is 52.5 Å². The van der Waals surface area contributed by atoms with E-state index in [0.29, 0.717) is 27.3 Å². The van der Waals surface area contributed by atoms with E-state index in [-0.39, 0.29) is 19.8 Å². The highest BCUT2D eigenvalue weighted by Crippen LogP contribution is 2.32. The molecule has 1 atom stereocenters. The molecule has 1 heterocycles. The molecule has 0 saturated heterocycles. The highest BCUT2D eigenvalue weighted by molar-refractivity contribution is 6.37. The van der Waals surface area contributed by atoms with Crippen molar-refractivity contribution in [3.63, 3.8) is 0 Å². The Morgan fingerprint density at radius 1 is 1.04 bits per heavy atom. The van der Waals surface area contributed by atoms with Crippen LogP contribution in [0.25, 0.3) is 0 Å². The monoisotopic (exact) mass is 368 g/mol. The summed E-state index contributed by atoms with van der Waals surface area (Å²) >= 11 is 12.0. The Balaban J connectivity index is 1.47. The van der Waals surface area contributed by atoms with Crippen molar-refractivity contribution in [1.82, 2.24) is 0 Å². The number of rotatable bonds is 5. The van der Waals surface area contributed by atoms with Crippen LogP contribution in [0.3, 0.4) is 0 Å². The van der Waals surface area contributed by atoms with Gasteiger partial charge in [-0.25, -0.2) is 4.79 Å². The summed E-state index contributed by atoms with van der Waals surface area (Å²) in [7, 11) is 0. The Morgan fingerprint density at radius 3 is 2.50 bits per heavy atom. The maximum absolute atomic E-state index is 12.0. The average molecular weight is 369 g/mol. The summed E-state index contributed by atoms with van der Waals surface area (Å²) in [6, 6.07) is 12.2. The molecule has 0 radical (unpaired) electrons. The van der Waals surface area contributed by atoms with Crippen molar-refractivity contribution < 1.29 is 23.7 Å². The molecule has 5 nitrogen and oxygen atoms in total. The molecular weight excluding hydrogens is 355 g/mol. The fourth-order valence-electron chi connectivity index (χ4n) is 2.14. The number of esters is 1. The van der Waals surface area contributed by atoms with Gasteiger partial charge in [-0.3, -0.25) is 0 Å². The van der Waals surface area contributed by atoms with Crippen LogP contribution in [0.1, 0.15) is 0 Å². The van der Waals surface area contributed by atoms with Crippen molar-refractivity contribution in [2.75, 3.05) is 19.8 Å². The van der Waals surface area contributed by atoms with Gasteiger partial charge in [-0.1, -0.05) is 41.4 Å². The molecule has 0 fully saturated rings. The second-order valence-electron chi connectivity index (χ2n) is 4.93. The first kappa shape index (κ1) is 16.7. The van der Waals surface area contributed by atoms with E-state index in [4.69, 9.17) is 42.1 Å². The van der Waals surface area contributed by atoms with Crippen LogP contribution in [0.15, 0.2) is 42.5 Å². The first-order chi connectivity index (χ1) is 11.6. The molecule has 3 rings (SSSR count). The molecule has 1 aliphatic rings. The lowest BCUT2D eigenvalue weighted by molar-refractivity contribution is -0.155. The van der Waals surface area contributed by atoms with Crippen molar-refractivity contribution >= 4 is 29.2 Å². The number of para-hydroxylation sites is 3. The standard InChI is InChI=1S/C17H14Cl2O5/c18-11-4-3-5-12(19)16(11)21-8-9-22-17(20)15-10-23-13-6-1-2-7-14(13)24-15/h1-7,15H,8-10H2. The Labute approximate surface area is 149 Å². The van der Waals surface area contributed by atoms with E-state index < -0.39 is 12.1 Å². The first-order valence-electron chi connectivity index (χ1n) is 7.27. The first-order valence-corrected chi connectivity index (χ1v) is 8.02. The molecule has 0 aromatic heterocycles. The maximum Gasteiger partial charge on any atom is 0.351 e. The van der Waals surface area contributed by atoms with E-state index in [1.54, 1.807) is 36.4 Å². The Morgan fingerprint density at radius 2 is 1.75 bits per heavy atom. The Kier molecular flexibility index (Phi) is 5.33. The van der Waals surface area contributed by atoms with Gasteiger partial charge in [0.1, 0.15) is 19.8 Å².